The Hall–Kier alpha value is -1.04. The second kappa shape index (κ2) is 4.80. The molecular weight excluding hydrogens is 130 g/mol. The number of ether oxygens (including phenoxy) is 1. The molecule has 0 amide bonds. The first-order valence-corrected chi connectivity index (χ1v) is 3.26. The summed E-state index contributed by atoms with van der Waals surface area (Å²) in [6.07, 6.45) is 0.235. The summed E-state index contributed by atoms with van der Waals surface area (Å²) in [6, 6.07) is 1.91. The van der Waals surface area contributed by atoms with Crippen LogP contribution in [0.25, 0.3) is 0 Å². The first kappa shape index (κ1) is 8.96. The lowest BCUT2D eigenvalue weighted by molar-refractivity contribution is -0.147. The smallest absolute Gasteiger partial charge is 0.309 e. The molecule has 0 aliphatic heterocycles. The van der Waals surface area contributed by atoms with E-state index >= 15 is 0 Å². The van der Waals surface area contributed by atoms with Gasteiger partial charge in [-0.3, -0.25) is 4.79 Å². The normalized spacial score (nSPS) is 11.7. The van der Waals surface area contributed by atoms with Crippen LogP contribution in [0.2, 0.25) is 0 Å². The molecule has 0 aliphatic rings. The monoisotopic (exact) mass is 141 g/mol. The number of esters is 1. The van der Waals surface area contributed by atoms with Gasteiger partial charge in [0.15, 0.2) is 0 Å². The zero-order valence-electron chi connectivity index (χ0n) is 6.26. The summed E-state index contributed by atoms with van der Waals surface area (Å²) in [5.41, 5.74) is 0. The van der Waals surface area contributed by atoms with Crippen LogP contribution in [0.5, 0.6) is 0 Å². The molecule has 0 radical (unpaired) electrons. The summed E-state index contributed by atoms with van der Waals surface area (Å²) < 4.78 is 4.67. The van der Waals surface area contributed by atoms with Gasteiger partial charge in [-0.1, -0.05) is 6.92 Å². The molecule has 0 aromatic heterocycles. The molecule has 0 bridgehead atoms. The number of hydrogen-bond acceptors (Lipinski definition) is 3. The van der Waals surface area contributed by atoms with Crippen LogP contribution in [-0.4, -0.2) is 12.6 Å². The highest BCUT2D eigenvalue weighted by Gasteiger charge is 2.12. The fourth-order valence-electron chi connectivity index (χ4n) is 0.505. The lowest BCUT2D eigenvalue weighted by Gasteiger charge is -2.04. The van der Waals surface area contributed by atoms with E-state index in [1.807, 2.05) is 6.07 Å². The molecule has 0 saturated carbocycles. The molecule has 0 N–H and O–H groups in total. The largest absolute Gasteiger partial charge is 0.466 e. The van der Waals surface area contributed by atoms with Crippen LogP contribution in [0.1, 0.15) is 20.3 Å². The average Bonchev–Trinajstić information content (AvgIpc) is 1.89. The molecule has 3 heteroatoms. The van der Waals surface area contributed by atoms with E-state index in [9.17, 15) is 4.79 Å². The van der Waals surface area contributed by atoms with Crippen LogP contribution in [0.4, 0.5) is 0 Å². The van der Waals surface area contributed by atoms with Crippen molar-refractivity contribution in [2.24, 2.45) is 5.92 Å². The van der Waals surface area contributed by atoms with Gasteiger partial charge >= 0.3 is 5.97 Å². The van der Waals surface area contributed by atoms with Crippen LogP contribution in [0.3, 0.4) is 0 Å². The second-order valence-electron chi connectivity index (χ2n) is 2.02. The van der Waals surface area contributed by atoms with Gasteiger partial charge in [0.05, 0.1) is 18.6 Å². The summed E-state index contributed by atoms with van der Waals surface area (Å²) in [5.74, 6) is -0.575. The minimum atomic E-state index is -0.288. The van der Waals surface area contributed by atoms with Gasteiger partial charge in [-0.2, -0.15) is 5.26 Å². The van der Waals surface area contributed by atoms with E-state index in [0.29, 0.717) is 6.61 Å². The third kappa shape index (κ3) is 3.08. The van der Waals surface area contributed by atoms with Gasteiger partial charge in [0.1, 0.15) is 0 Å². The Morgan fingerprint density at radius 3 is 2.80 bits per heavy atom. The molecule has 56 valence electrons. The number of nitrogens with zero attached hydrogens (tertiary/aromatic N) is 1. The number of hydrogen-bond donors (Lipinski definition) is 0. The predicted molar refractivity (Wildman–Crippen MR) is 36.0 cm³/mol. The quantitative estimate of drug-likeness (QED) is 0.553. The number of rotatable bonds is 3. The van der Waals surface area contributed by atoms with Gasteiger partial charge in [0.25, 0.3) is 0 Å². The van der Waals surface area contributed by atoms with E-state index in [1.54, 1.807) is 13.8 Å². The highest BCUT2D eigenvalue weighted by atomic mass is 16.5. The average molecular weight is 141 g/mol. The van der Waals surface area contributed by atoms with E-state index in [-0.39, 0.29) is 18.3 Å². The molecule has 3 nitrogen and oxygen atoms in total. The molecule has 0 rings (SSSR count). The molecule has 1 unspecified atom stereocenters. The number of nitriles is 1. The number of carbonyl (C=O) groups is 1. The Bertz CT molecular complexity index is 148. The van der Waals surface area contributed by atoms with Crippen molar-refractivity contribution in [1.82, 2.24) is 0 Å². The summed E-state index contributed by atoms with van der Waals surface area (Å²) in [6.45, 7) is 3.81. The summed E-state index contributed by atoms with van der Waals surface area (Å²) >= 11 is 0. The molecule has 10 heavy (non-hydrogen) atoms. The van der Waals surface area contributed by atoms with E-state index in [2.05, 4.69) is 4.74 Å². The van der Waals surface area contributed by atoms with Crippen LogP contribution in [0, 0.1) is 17.2 Å². The predicted octanol–water partition coefficient (Wildman–Crippen LogP) is 1.10. The van der Waals surface area contributed by atoms with Gasteiger partial charge in [0, 0.05) is 6.42 Å². The van der Waals surface area contributed by atoms with Gasteiger partial charge < -0.3 is 4.74 Å². The molecule has 0 saturated heterocycles. The standard InChI is InChI=1S/C7H11NO2/c1-3-10-7(9)6(2)4-5-8/h6H,3-4H2,1-2H3. The highest BCUT2D eigenvalue weighted by Crippen LogP contribution is 2.02. The van der Waals surface area contributed by atoms with Crippen molar-refractivity contribution < 1.29 is 9.53 Å². The van der Waals surface area contributed by atoms with E-state index < -0.39 is 0 Å². The van der Waals surface area contributed by atoms with Crippen molar-refractivity contribution in [3.8, 4) is 6.07 Å². The fourth-order valence-corrected chi connectivity index (χ4v) is 0.505. The first-order valence-electron chi connectivity index (χ1n) is 3.26. The molecule has 0 heterocycles. The van der Waals surface area contributed by atoms with Gasteiger partial charge in [-0.15, -0.1) is 0 Å². The number of carbonyl (C=O) groups excluding carboxylic acids is 1. The molecule has 0 fully saturated rings. The summed E-state index contributed by atoms with van der Waals surface area (Å²) in [4.78, 5) is 10.8. The van der Waals surface area contributed by atoms with Crippen molar-refractivity contribution in [2.75, 3.05) is 6.61 Å². The third-order valence-electron chi connectivity index (χ3n) is 1.09. The highest BCUT2D eigenvalue weighted by molar-refractivity contribution is 5.72. The van der Waals surface area contributed by atoms with Gasteiger partial charge in [-0.05, 0) is 6.92 Å². The SMILES string of the molecule is CCOC(=O)C(C)CC#N. The van der Waals surface area contributed by atoms with E-state index in [0.717, 1.165) is 0 Å². The van der Waals surface area contributed by atoms with Crippen molar-refractivity contribution >= 4 is 5.97 Å². The van der Waals surface area contributed by atoms with Crippen molar-refractivity contribution in [3.63, 3.8) is 0 Å². The topological polar surface area (TPSA) is 50.1 Å². The maximum Gasteiger partial charge on any atom is 0.309 e. The van der Waals surface area contributed by atoms with E-state index in [1.165, 1.54) is 0 Å². The summed E-state index contributed by atoms with van der Waals surface area (Å²) in [7, 11) is 0. The van der Waals surface area contributed by atoms with Gasteiger partial charge in [-0.25, -0.2) is 0 Å². The summed E-state index contributed by atoms with van der Waals surface area (Å²) in [5, 5.41) is 8.20. The van der Waals surface area contributed by atoms with E-state index in [4.69, 9.17) is 5.26 Å². The van der Waals surface area contributed by atoms with Gasteiger partial charge in [0.2, 0.25) is 0 Å². The minimum absolute atomic E-state index is 0.235. The molecule has 0 spiro atoms. The maximum absolute atomic E-state index is 10.8. The van der Waals surface area contributed by atoms with Crippen LogP contribution in [0.15, 0.2) is 0 Å². The fraction of sp³-hybridized carbons (Fsp3) is 0.714. The van der Waals surface area contributed by atoms with Crippen molar-refractivity contribution in [1.29, 1.82) is 5.26 Å². The lowest BCUT2D eigenvalue weighted by atomic mass is 10.1. The van der Waals surface area contributed by atoms with Crippen molar-refractivity contribution in [2.45, 2.75) is 20.3 Å². The Balaban J connectivity index is 3.62. The zero-order chi connectivity index (χ0) is 7.98. The Morgan fingerprint density at radius 1 is 1.80 bits per heavy atom. The van der Waals surface area contributed by atoms with Crippen LogP contribution >= 0.6 is 0 Å². The first-order chi connectivity index (χ1) is 4.72. The molecule has 0 aromatic carbocycles. The lowest BCUT2D eigenvalue weighted by Crippen LogP contribution is -2.13. The molecule has 1 atom stereocenters. The molecular formula is C7H11NO2. The van der Waals surface area contributed by atoms with Crippen LogP contribution in [-0.2, 0) is 9.53 Å². The minimum Gasteiger partial charge on any atom is -0.466 e. The Labute approximate surface area is 60.6 Å². The maximum atomic E-state index is 10.8. The van der Waals surface area contributed by atoms with Crippen LogP contribution < -0.4 is 0 Å². The zero-order valence-corrected chi connectivity index (χ0v) is 6.26. The Morgan fingerprint density at radius 2 is 2.40 bits per heavy atom. The third-order valence-corrected chi connectivity index (χ3v) is 1.09. The molecule has 0 aliphatic carbocycles. The Kier molecular flexibility index (Phi) is 4.30. The second-order valence-corrected chi connectivity index (χ2v) is 2.02. The molecule has 0 aromatic rings. The van der Waals surface area contributed by atoms with Crippen molar-refractivity contribution in [3.05, 3.63) is 0 Å².